The lowest BCUT2D eigenvalue weighted by molar-refractivity contribution is 0.102. The predicted molar refractivity (Wildman–Crippen MR) is 75.8 cm³/mol. The Balaban J connectivity index is 1.74. The molecule has 0 aliphatic heterocycles. The van der Waals surface area contributed by atoms with Crippen molar-refractivity contribution in [2.75, 3.05) is 11.1 Å². The van der Waals surface area contributed by atoms with Crippen LogP contribution in [-0.4, -0.2) is 25.7 Å². The summed E-state index contributed by atoms with van der Waals surface area (Å²) in [6, 6.07) is 5.32. The smallest absolute Gasteiger partial charge is 0.275 e. The van der Waals surface area contributed by atoms with Crippen molar-refractivity contribution in [1.29, 1.82) is 0 Å². The summed E-state index contributed by atoms with van der Waals surface area (Å²) in [7, 11) is 0. The zero-order valence-corrected chi connectivity index (χ0v) is 11.0. The van der Waals surface area contributed by atoms with E-state index in [1.54, 1.807) is 40.8 Å². The Morgan fingerprint density at radius 3 is 2.90 bits per heavy atom. The van der Waals surface area contributed by atoms with Gasteiger partial charge in [-0.2, -0.15) is 5.10 Å². The zero-order chi connectivity index (χ0) is 13.9. The molecule has 3 heterocycles. The zero-order valence-electron chi connectivity index (χ0n) is 10.2. The Morgan fingerprint density at radius 1 is 1.40 bits per heavy atom. The number of carbonyl (C=O) groups is 1. The standard InChI is InChI=1S/C12H10N6OS/c13-12-17-9(7-20-12)11(19)16-8-2-3-10(14-6-8)18-5-1-4-15-18/h1-7H,(H2,13,17)(H,16,19). The van der Waals surface area contributed by atoms with Crippen LogP contribution in [0.3, 0.4) is 0 Å². The minimum absolute atomic E-state index is 0.295. The molecule has 0 saturated heterocycles. The number of nitrogens with one attached hydrogen (secondary N) is 1. The van der Waals surface area contributed by atoms with E-state index in [9.17, 15) is 4.79 Å². The molecule has 3 aromatic rings. The molecule has 0 saturated carbocycles. The SMILES string of the molecule is Nc1nc(C(=O)Nc2ccc(-n3cccn3)nc2)cs1. The number of thiazole rings is 1. The number of nitrogens with zero attached hydrogens (tertiary/aromatic N) is 4. The molecule has 1 amide bonds. The number of carbonyl (C=O) groups excluding carboxylic acids is 1. The van der Waals surface area contributed by atoms with E-state index in [4.69, 9.17) is 5.73 Å². The molecule has 0 unspecified atom stereocenters. The molecule has 0 atom stereocenters. The van der Waals surface area contributed by atoms with Crippen molar-refractivity contribution >= 4 is 28.1 Å². The number of anilines is 2. The topological polar surface area (TPSA) is 98.7 Å². The molecule has 0 fully saturated rings. The molecular formula is C12H10N6OS. The lowest BCUT2D eigenvalue weighted by Gasteiger charge is -2.04. The van der Waals surface area contributed by atoms with E-state index in [-0.39, 0.29) is 5.91 Å². The average Bonchev–Trinajstić information content (AvgIpc) is 3.10. The molecule has 3 rings (SSSR count). The number of amides is 1. The van der Waals surface area contributed by atoms with Crippen molar-refractivity contribution in [2.45, 2.75) is 0 Å². The first-order valence-corrected chi connectivity index (χ1v) is 6.59. The molecule has 0 radical (unpaired) electrons. The molecule has 0 bridgehead atoms. The Kier molecular flexibility index (Phi) is 3.13. The highest BCUT2D eigenvalue weighted by Gasteiger charge is 2.10. The lowest BCUT2D eigenvalue weighted by Crippen LogP contribution is -2.12. The van der Waals surface area contributed by atoms with Crippen molar-refractivity contribution in [3.63, 3.8) is 0 Å². The van der Waals surface area contributed by atoms with E-state index in [1.807, 2.05) is 6.07 Å². The number of hydrogen-bond donors (Lipinski definition) is 2. The van der Waals surface area contributed by atoms with Crippen LogP contribution in [0, 0.1) is 0 Å². The first kappa shape index (κ1) is 12.3. The van der Waals surface area contributed by atoms with Gasteiger partial charge < -0.3 is 11.1 Å². The first-order valence-electron chi connectivity index (χ1n) is 5.71. The molecule has 8 heteroatoms. The molecule has 3 aromatic heterocycles. The number of hydrogen-bond acceptors (Lipinski definition) is 6. The normalized spacial score (nSPS) is 10.4. The predicted octanol–water partition coefficient (Wildman–Crippen LogP) is 1.56. The molecule has 7 nitrogen and oxygen atoms in total. The maximum atomic E-state index is 11.9. The van der Waals surface area contributed by atoms with E-state index < -0.39 is 0 Å². The largest absolute Gasteiger partial charge is 0.375 e. The fourth-order valence-electron chi connectivity index (χ4n) is 1.59. The van der Waals surface area contributed by atoms with E-state index in [0.717, 1.165) is 0 Å². The highest BCUT2D eigenvalue weighted by molar-refractivity contribution is 7.13. The summed E-state index contributed by atoms with van der Waals surface area (Å²) in [6.07, 6.45) is 5.02. The van der Waals surface area contributed by atoms with Gasteiger partial charge in [0.2, 0.25) is 0 Å². The third kappa shape index (κ3) is 2.50. The van der Waals surface area contributed by atoms with E-state index in [0.29, 0.717) is 22.3 Å². The number of rotatable bonds is 3. The van der Waals surface area contributed by atoms with Crippen LogP contribution in [0.4, 0.5) is 10.8 Å². The van der Waals surface area contributed by atoms with Crippen LogP contribution in [0.2, 0.25) is 0 Å². The Bertz CT molecular complexity index is 719. The summed E-state index contributed by atoms with van der Waals surface area (Å²) in [4.78, 5) is 20.0. The third-order valence-electron chi connectivity index (χ3n) is 2.50. The maximum absolute atomic E-state index is 11.9. The van der Waals surface area contributed by atoms with Gasteiger partial charge in [-0.3, -0.25) is 4.79 Å². The van der Waals surface area contributed by atoms with Gasteiger partial charge in [0.15, 0.2) is 10.9 Å². The van der Waals surface area contributed by atoms with Crippen molar-refractivity contribution in [1.82, 2.24) is 19.7 Å². The summed E-state index contributed by atoms with van der Waals surface area (Å²) >= 11 is 1.22. The molecular weight excluding hydrogens is 276 g/mol. The third-order valence-corrected chi connectivity index (χ3v) is 3.17. The number of nitrogen functional groups attached to an aromatic ring is 1. The second-order valence-corrected chi connectivity index (χ2v) is 4.77. The molecule has 0 spiro atoms. The highest BCUT2D eigenvalue weighted by atomic mass is 32.1. The minimum Gasteiger partial charge on any atom is -0.375 e. The highest BCUT2D eigenvalue weighted by Crippen LogP contribution is 2.14. The summed E-state index contributed by atoms with van der Waals surface area (Å²) < 4.78 is 1.63. The molecule has 0 aliphatic carbocycles. The van der Waals surface area contributed by atoms with Crippen LogP contribution >= 0.6 is 11.3 Å². The summed E-state index contributed by atoms with van der Waals surface area (Å²) in [5, 5.41) is 8.74. The van der Waals surface area contributed by atoms with Gasteiger partial charge >= 0.3 is 0 Å². The van der Waals surface area contributed by atoms with Gasteiger partial charge in [-0.05, 0) is 18.2 Å². The van der Waals surface area contributed by atoms with Crippen LogP contribution in [0.5, 0.6) is 0 Å². The van der Waals surface area contributed by atoms with Gasteiger partial charge in [0.25, 0.3) is 5.91 Å². The second-order valence-electron chi connectivity index (χ2n) is 3.88. The van der Waals surface area contributed by atoms with E-state index in [1.165, 1.54) is 11.3 Å². The fraction of sp³-hybridized carbons (Fsp3) is 0. The average molecular weight is 286 g/mol. The van der Waals surface area contributed by atoms with Gasteiger partial charge in [0.05, 0.1) is 11.9 Å². The van der Waals surface area contributed by atoms with Crippen LogP contribution in [0.25, 0.3) is 5.82 Å². The van der Waals surface area contributed by atoms with Gasteiger partial charge in [0, 0.05) is 17.8 Å². The number of pyridine rings is 1. The van der Waals surface area contributed by atoms with Crippen LogP contribution in [0.1, 0.15) is 10.5 Å². The van der Waals surface area contributed by atoms with Crippen molar-refractivity contribution < 1.29 is 4.79 Å². The van der Waals surface area contributed by atoms with Crippen molar-refractivity contribution in [3.8, 4) is 5.82 Å². The summed E-state index contributed by atoms with van der Waals surface area (Å²) in [5.74, 6) is 0.359. The van der Waals surface area contributed by atoms with Crippen LogP contribution in [0.15, 0.2) is 42.2 Å². The Labute approximate surface area is 118 Å². The Hall–Kier alpha value is -2.74. The van der Waals surface area contributed by atoms with Gasteiger partial charge in [-0.15, -0.1) is 11.3 Å². The molecule has 0 aliphatic rings. The van der Waals surface area contributed by atoms with E-state index in [2.05, 4.69) is 20.4 Å². The molecule has 3 N–H and O–H groups in total. The fourth-order valence-corrected chi connectivity index (χ4v) is 2.13. The number of nitrogens with two attached hydrogens (primary N) is 1. The van der Waals surface area contributed by atoms with Crippen LogP contribution in [-0.2, 0) is 0 Å². The van der Waals surface area contributed by atoms with Crippen LogP contribution < -0.4 is 11.1 Å². The lowest BCUT2D eigenvalue weighted by atomic mass is 10.3. The summed E-state index contributed by atoms with van der Waals surface area (Å²) in [6.45, 7) is 0. The maximum Gasteiger partial charge on any atom is 0.275 e. The second kappa shape index (κ2) is 5.10. The van der Waals surface area contributed by atoms with Gasteiger partial charge in [-0.1, -0.05) is 0 Å². The molecule has 0 aromatic carbocycles. The van der Waals surface area contributed by atoms with Gasteiger partial charge in [0.1, 0.15) is 5.69 Å². The quantitative estimate of drug-likeness (QED) is 0.761. The number of aromatic nitrogens is 4. The molecule has 20 heavy (non-hydrogen) atoms. The van der Waals surface area contributed by atoms with E-state index >= 15 is 0 Å². The monoisotopic (exact) mass is 286 g/mol. The van der Waals surface area contributed by atoms with Gasteiger partial charge in [-0.25, -0.2) is 14.6 Å². The molecule has 100 valence electrons. The Morgan fingerprint density at radius 2 is 2.30 bits per heavy atom. The minimum atomic E-state index is -0.313. The van der Waals surface area contributed by atoms with Crippen molar-refractivity contribution in [3.05, 3.63) is 47.9 Å². The van der Waals surface area contributed by atoms with Crippen molar-refractivity contribution in [2.24, 2.45) is 0 Å². The summed E-state index contributed by atoms with van der Waals surface area (Å²) in [5.41, 5.74) is 6.37. The first-order chi connectivity index (χ1) is 9.72.